The normalized spacial score (nSPS) is 16.8. The van der Waals surface area contributed by atoms with Crippen LogP contribution in [-0.2, 0) is 6.42 Å². The van der Waals surface area contributed by atoms with Gasteiger partial charge >= 0.3 is 0 Å². The first-order valence-corrected chi connectivity index (χ1v) is 11.8. The van der Waals surface area contributed by atoms with Crippen molar-refractivity contribution < 1.29 is 0 Å². The molecule has 0 bridgehead atoms. The van der Waals surface area contributed by atoms with E-state index >= 15 is 0 Å². The molecule has 1 aliphatic rings. The Kier molecular flexibility index (Phi) is 6.68. The van der Waals surface area contributed by atoms with E-state index in [1.165, 1.54) is 5.56 Å². The predicted molar refractivity (Wildman–Crippen MR) is 127 cm³/mol. The van der Waals surface area contributed by atoms with Crippen LogP contribution in [0.25, 0.3) is 11.1 Å². The first-order chi connectivity index (χ1) is 12.3. The summed E-state index contributed by atoms with van der Waals surface area (Å²) in [6, 6.07) is 6.08. The maximum atomic E-state index is 8.68. The van der Waals surface area contributed by atoms with Gasteiger partial charge in [-0.05, 0) is 86.9 Å². The number of thiol groups is 1. The smallest absolute Gasteiger partial charge is 0.107 e. The molecule has 0 radical (unpaired) electrons. The summed E-state index contributed by atoms with van der Waals surface area (Å²) in [7, 11) is 0. The highest BCUT2D eigenvalue weighted by atomic mass is 79.9. The summed E-state index contributed by atoms with van der Waals surface area (Å²) in [4.78, 5) is 1.97. The lowest BCUT2D eigenvalue weighted by atomic mass is 9.91. The van der Waals surface area contributed by atoms with Crippen LogP contribution in [0.4, 0.5) is 0 Å². The van der Waals surface area contributed by atoms with Crippen LogP contribution in [0.15, 0.2) is 41.3 Å². The molecular formula is C18H15Br2ClN2S3. The topological polar surface area (TPSA) is 36.2 Å². The van der Waals surface area contributed by atoms with Gasteiger partial charge in [0, 0.05) is 20.9 Å². The molecule has 136 valence electrons. The van der Waals surface area contributed by atoms with Crippen LogP contribution in [0.3, 0.4) is 0 Å². The minimum Gasteiger partial charge on any atom is -0.298 e. The molecule has 2 aromatic heterocycles. The van der Waals surface area contributed by atoms with Crippen molar-refractivity contribution in [2.24, 2.45) is 10.3 Å². The van der Waals surface area contributed by atoms with Crippen molar-refractivity contribution in [2.45, 2.75) is 20.3 Å². The summed E-state index contributed by atoms with van der Waals surface area (Å²) in [6.45, 7) is 4.39. The van der Waals surface area contributed by atoms with Gasteiger partial charge in [0.1, 0.15) is 5.71 Å². The molecule has 0 atom stereocenters. The highest BCUT2D eigenvalue weighted by Gasteiger charge is 2.28. The second-order valence-corrected chi connectivity index (χ2v) is 11.7. The fraction of sp³-hybridized carbons (Fsp3) is 0.222. The van der Waals surface area contributed by atoms with Gasteiger partial charge in [0.15, 0.2) is 0 Å². The minimum atomic E-state index is 0.341. The fourth-order valence-corrected chi connectivity index (χ4v) is 6.47. The van der Waals surface area contributed by atoms with E-state index in [0.717, 1.165) is 34.9 Å². The highest BCUT2D eigenvalue weighted by molar-refractivity contribution is 9.11. The van der Waals surface area contributed by atoms with Crippen molar-refractivity contribution in [1.82, 2.24) is 0 Å². The molecule has 0 fully saturated rings. The van der Waals surface area contributed by atoms with E-state index in [2.05, 4.69) is 69.0 Å². The lowest BCUT2D eigenvalue weighted by molar-refractivity contribution is 0.647. The van der Waals surface area contributed by atoms with Crippen molar-refractivity contribution in [3.05, 3.63) is 52.2 Å². The summed E-state index contributed by atoms with van der Waals surface area (Å²) >= 11 is 21.1. The maximum Gasteiger partial charge on any atom is 0.107 e. The summed E-state index contributed by atoms with van der Waals surface area (Å²) in [5, 5.41) is 9.26. The van der Waals surface area contributed by atoms with Crippen LogP contribution in [0, 0.1) is 11.3 Å². The molecule has 8 heteroatoms. The summed E-state index contributed by atoms with van der Waals surface area (Å²) in [6.07, 6.45) is 2.86. The van der Waals surface area contributed by atoms with Gasteiger partial charge in [0.25, 0.3) is 0 Å². The number of allylic oxidation sites excluding steroid dienone is 4. The molecule has 26 heavy (non-hydrogen) atoms. The minimum absolute atomic E-state index is 0.341. The summed E-state index contributed by atoms with van der Waals surface area (Å²) in [5.41, 5.74) is 3.63. The third kappa shape index (κ3) is 4.13. The zero-order chi connectivity index (χ0) is 19.0. The van der Waals surface area contributed by atoms with E-state index in [-0.39, 0.29) is 0 Å². The molecule has 3 rings (SSSR count). The van der Waals surface area contributed by atoms with Crippen LogP contribution < -0.4 is 0 Å². The predicted octanol–water partition coefficient (Wildman–Crippen LogP) is 7.89. The van der Waals surface area contributed by atoms with Crippen LogP contribution in [-0.4, -0.2) is 11.4 Å². The number of hydrogen-bond donors (Lipinski definition) is 2. The Labute approximate surface area is 188 Å². The van der Waals surface area contributed by atoms with E-state index in [0.29, 0.717) is 22.4 Å². The zero-order valence-electron chi connectivity index (χ0n) is 13.9. The Morgan fingerprint density at radius 2 is 1.96 bits per heavy atom. The average Bonchev–Trinajstić information content (AvgIpc) is 3.14. The zero-order valence-corrected chi connectivity index (χ0v) is 20.4. The fourth-order valence-electron chi connectivity index (χ4n) is 2.73. The third-order valence-electron chi connectivity index (χ3n) is 3.82. The number of hydrogen-bond acceptors (Lipinski definition) is 5. The van der Waals surface area contributed by atoms with Crippen molar-refractivity contribution in [3.8, 4) is 0 Å². The lowest BCUT2D eigenvalue weighted by Gasteiger charge is -2.18. The summed E-state index contributed by atoms with van der Waals surface area (Å²) in [5.74, 6) is 0.565. The Morgan fingerprint density at radius 1 is 1.23 bits per heavy atom. The number of nitrogens with one attached hydrogen (secondary N) is 1. The Hall–Kier alpha value is -0.180. The SMILES string of the molecule is CC(C)Cc1cc(C2=CC(Cl)=C(c3ccc(Br)s3)/C(=N/S)C2=N)sc1Br. The van der Waals surface area contributed by atoms with Gasteiger partial charge in [-0.15, -0.1) is 22.7 Å². The average molecular weight is 551 g/mol. The van der Waals surface area contributed by atoms with E-state index in [1.54, 1.807) is 22.7 Å². The van der Waals surface area contributed by atoms with Crippen molar-refractivity contribution in [2.75, 3.05) is 0 Å². The second kappa shape index (κ2) is 8.45. The molecule has 1 N–H and O–H groups in total. The number of halogens is 3. The van der Waals surface area contributed by atoms with Gasteiger partial charge < -0.3 is 0 Å². The van der Waals surface area contributed by atoms with E-state index in [4.69, 9.17) is 17.0 Å². The highest BCUT2D eigenvalue weighted by Crippen LogP contribution is 2.41. The molecule has 2 heterocycles. The first-order valence-electron chi connectivity index (χ1n) is 7.79. The Morgan fingerprint density at radius 3 is 2.54 bits per heavy atom. The van der Waals surface area contributed by atoms with E-state index < -0.39 is 0 Å². The quantitative estimate of drug-likeness (QED) is 0.287. The van der Waals surface area contributed by atoms with Crippen molar-refractivity contribution in [1.29, 1.82) is 5.41 Å². The molecule has 2 aromatic rings. The van der Waals surface area contributed by atoms with Gasteiger partial charge in [-0.25, -0.2) is 4.40 Å². The Bertz CT molecular complexity index is 967. The first kappa shape index (κ1) is 20.6. The molecule has 0 saturated carbocycles. The molecule has 0 aromatic carbocycles. The van der Waals surface area contributed by atoms with Crippen LogP contribution in [0.5, 0.6) is 0 Å². The molecule has 0 spiro atoms. The van der Waals surface area contributed by atoms with Crippen LogP contribution >= 0.6 is 78.9 Å². The van der Waals surface area contributed by atoms with Gasteiger partial charge in [0.2, 0.25) is 0 Å². The molecule has 1 aliphatic carbocycles. The van der Waals surface area contributed by atoms with Crippen molar-refractivity contribution in [3.63, 3.8) is 0 Å². The third-order valence-corrected chi connectivity index (χ3v) is 7.96. The van der Waals surface area contributed by atoms with Gasteiger partial charge in [-0.3, -0.25) is 5.41 Å². The molecular weight excluding hydrogens is 536 g/mol. The second-order valence-electron chi connectivity index (χ2n) is 6.22. The summed E-state index contributed by atoms with van der Waals surface area (Å²) < 4.78 is 6.20. The van der Waals surface area contributed by atoms with Gasteiger partial charge in [0.05, 0.1) is 18.3 Å². The maximum absolute atomic E-state index is 8.68. The largest absolute Gasteiger partial charge is 0.298 e. The molecule has 0 amide bonds. The standard InChI is InChI=1S/C18H15Br2ClN2S3/c1-8(2)5-9-6-13(26-18(9)20)10-7-11(21)15(17(23-24)16(10)22)12-3-4-14(19)25-12/h3-4,6-8,22,24H,5H2,1-2H3/b22-16?,23-17-. The number of thiophene rings is 2. The van der Waals surface area contributed by atoms with Gasteiger partial charge in [-0.1, -0.05) is 25.4 Å². The molecule has 0 unspecified atom stereocenters. The Balaban J connectivity index is 2.09. The lowest BCUT2D eigenvalue weighted by Crippen LogP contribution is -2.19. The number of nitrogens with zero attached hydrogens (tertiary/aromatic N) is 1. The van der Waals surface area contributed by atoms with Crippen LogP contribution in [0.1, 0.15) is 29.2 Å². The molecule has 0 saturated heterocycles. The number of rotatable bonds is 4. The van der Waals surface area contributed by atoms with Crippen molar-refractivity contribution >= 4 is 102 Å². The van der Waals surface area contributed by atoms with E-state index in [9.17, 15) is 0 Å². The van der Waals surface area contributed by atoms with Crippen LogP contribution in [0.2, 0.25) is 0 Å². The van der Waals surface area contributed by atoms with E-state index in [1.807, 2.05) is 18.2 Å². The van der Waals surface area contributed by atoms with Gasteiger partial charge in [-0.2, -0.15) is 0 Å². The molecule has 0 aliphatic heterocycles. The molecule has 2 nitrogen and oxygen atoms in total. The monoisotopic (exact) mass is 548 g/mol.